The second-order valence-electron chi connectivity index (χ2n) is 3.10. The minimum absolute atomic E-state index is 0.808. The van der Waals surface area contributed by atoms with Gasteiger partial charge in [0.15, 0.2) is 0 Å². The molecule has 0 spiro atoms. The van der Waals surface area contributed by atoms with Gasteiger partial charge in [0.2, 0.25) is 0 Å². The molecule has 0 aromatic heterocycles. The van der Waals surface area contributed by atoms with E-state index in [0.717, 1.165) is 16.9 Å². The molecule has 0 heterocycles. The molecule has 0 saturated heterocycles. The quantitative estimate of drug-likeness (QED) is 0.639. The van der Waals surface area contributed by atoms with Crippen LogP contribution in [0.3, 0.4) is 0 Å². The molecular formula is C11H15BrN2S. The second-order valence-corrected chi connectivity index (χ2v) is 5.18. The molecule has 1 aromatic rings. The van der Waals surface area contributed by atoms with Crippen molar-refractivity contribution in [3.63, 3.8) is 0 Å². The van der Waals surface area contributed by atoms with Crippen molar-refractivity contribution in [2.75, 3.05) is 13.7 Å². The highest BCUT2D eigenvalue weighted by atomic mass is 79.9. The van der Waals surface area contributed by atoms with Crippen LogP contribution in [-0.4, -0.2) is 18.0 Å². The zero-order valence-electron chi connectivity index (χ0n) is 8.74. The van der Waals surface area contributed by atoms with Gasteiger partial charge in [0, 0.05) is 10.2 Å². The van der Waals surface area contributed by atoms with Crippen molar-refractivity contribution in [2.24, 2.45) is 0 Å². The van der Waals surface area contributed by atoms with Gasteiger partial charge in [0.1, 0.15) is 0 Å². The van der Waals surface area contributed by atoms with Gasteiger partial charge in [-0.05, 0) is 30.9 Å². The Balaban J connectivity index is 2.33. The molecule has 0 bridgehead atoms. The van der Waals surface area contributed by atoms with Crippen LogP contribution in [0.15, 0.2) is 41.5 Å². The van der Waals surface area contributed by atoms with Crippen LogP contribution in [0, 0.1) is 0 Å². The molecule has 15 heavy (non-hydrogen) atoms. The predicted octanol–water partition coefficient (Wildman–Crippen LogP) is 3.22. The fourth-order valence-electron chi connectivity index (χ4n) is 1.05. The number of benzene rings is 1. The Morgan fingerprint density at radius 3 is 3.07 bits per heavy atom. The van der Waals surface area contributed by atoms with E-state index < -0.39 is 0 Å². The van der Waals surface area contributed by atoms with Crippen LogP contribution in [0.5, 0.6) is 0 Å². The van der Waals surface area contributed by atoms with Gasteiger partial charge in [-0.25, -0.2) is 4.31 Å². The highest BCUT2D eigenvalue weighted by Gasteiger charge is 1.99. The molecule has 0 aliphatic rings. The molecule has 1 N–H and O–H groups in total. The largest absolute Gasteiger partial charge is 0.378 e. The van der Waals surface area contributed by atoms with Crippen molar-refractivity contribution >= 4 is 27.9 Å². The lowest BCUT2D eigenvalue weighted by Gasteiger charge is -2.15. The Kier molecular flexibility index (Phi) is 5.83. The summed E-state index contributed by atoms with van der Waals surface area (Å²) in [6, 6.07) is 8.37. The average molecular weight is 287 g/mol. The summed E-state index contributed by atoms with van der Waals surface area (Å²) in [5.41, 5.74) is 1.32. The molecule has 4 heteroatoms. The highest BCUT2D eigenvalue weighted by molar-refractivity contribution is 9.10. The number of rotatable bonds is 6. The minimum atomic E-state index is 0.808. The molecule has 0 aliphatic carbocycles. The summed E-state index contributed by atoms with van der Waals surface area (Å²) < 4.78 is 3.27. The normalized spacial score (nSPS) is 10.3. The zero-order valence-corrected chi connectivity index (χ0v) is 11.1. The number of hydrogen-bond acceptors (Lipinski definition) is 3. The number of halogens is 1. The lowest BCUT2D eigenvalue weighted by atomic mass is 10.2. The monoisotopic (exact) mass is 286 g/mol. The maximum Gasteiger partial charge on any atom is 0.0767 e. The van der Waals surface area contributed by atoms with Crippen molar-refractivity contribution in [3.05, 3.63) is 47.1 Å². The first-order valence-electron chi connectivity index (χ1n) is 4.65. The van der Waals surface area contributed by atoms with Gasteiger partial charge in [-0.1, -0.05) is 46.6 Å². The van der Waals surface area contributed by atoms with E-state index in [0.29, 0.717) is 0 Å². The van der Waals surface area contributed by atoms with E-state index in [2.05, 4.69) is 57.4 Å². The van der Waals surface area contributed by atoms with Crippen LogP contribution >= 0.6 is 27.9 Å². The van der Waals surface area contributed by atoms with E-state index in [9.17, 15) is 0 Å². The van der Waals surface area contributed by atoms with E-state index in [4.69, 9.17) is 0 Å². The van der Waals surface area contributed by atoms with Crippen LogP contribution in [0.25, 0.3) is 0 Å². The van der Waals surface area contributed by atoms with E-state index >= 15 is 0 Å². The van der Waals surface area contributed by atoms with Crippen molar-refractivity contribution < 1.29 is 0 Å². The molecule has 1 rings (SSSR count). The lowest BCUT2D eigenvalue weighted by Crippen LogP contribution is -2.21. The summed E-state index contributed by atoms with van der Waals surface area (Å²) in [5.74, 6) is 0.981. The third-order valence-electron chi connectivity index (χ3n) is 1.80. The minimum Gasteiger partial charge on any atom is -0.378 e. The van der Waals surface area contributed by atoms with E-state index in [-0.39, 0.29) is 0 Å². The Bertz CT molecular complexity index is 317. The van der Waals surface area contributed by atoms with Gasteiger partial charge < -0.3 is 5.32 Å². The van der Waals surface area contributed by atoms with Crippen molar-refractivity contribution in [3.8, 4) is 0 Å². The molecule has 82 valence electrons. The summed E-state index contributed by atoms with van der Waals surface area (Å²) in [6.07, 6.45) is 1.70. The van der Waals surface area contributed by atoms with Gasteiger partial charge in [-0.3, -0.25) is 0 Å². The van der Waals surface area contributed by atoms with Crippen LogP contribution in [0.1, 0.15) is 5.56 Å². The van der Waals surface area contributed by atoms with Crippen LogP contribution in [-0.2, 0) is 5.75 Å². The Labute approximate surface area is 104 Å². The first kappa shape index (κ1) is 12.6. The fraction of sp³-hybridized carbons (Fsp3) is 0.273. The zero-order chi connectivity index (χ0) is 11.1. The molecule has 0 amide bonds. The maximum atomic E-state index is 3.61. The van der Waals surface area contributed by atoms with Gasteiger partial charge in [0.25, 0.3) is 0 Å². The Hall–Kier alpha value is -0.450. The van der Waals surface area contributed by atoms with E-state index in [1.54, 1.807) is 18.1 Å². The Morgan fingerprint density at radius 1 is 1.60 bits per heavy atom. The molecule has 2 nitrogen and oxygen atoms in total. The van der Waals surface area contributed by atoms with E-state index in [1.807, 2.05) is 6.07 Å². The standard InChI is InChI=1S/C11H15BrN2S/c1-3-13-9-14(2)15-8-10-5-4-6-11(12)7-10/h3-7,13H,1,8-9H2,2H3. The van der Waals surface area contributed by atoms with Gasteiger partial charge in [0.05, 0.1) is 6.67 Å². The van der Waals surface area contributed by atoms with Crippen molar-refractivity contribution in [2.45, 2.75) is 5.75 Å². The van der Waals surface area contributed by atoms with Gasteiger partial charge >= 0.3 is 0 Å². The van der Waals surface area contributed by atoms with Gasteiger partial charge in [-0.15, -0.1) is 0 Å². The topological polar surface area (TPSA) is 15.3 Å². The van der Waals surface area contributed by atoms with Gasteiger partial charge in [-0.2, -0.15) is 0 Å². The molecular weight excluding hydrogens is 272 g/mol. The first-order valence-corrected chi connectivity index (χ1v) is 6.38. The summed E-state index contributed by atoms with van der Waals surface area (Å²) in [6.45, 7) is 4.42. The summed E-state index contributed by atoms with van der Waals surface area (Å²) in [5, 5.41) is 3.06. The number of hydrogen-bond donors (Lipinski definition) is 1. The lowest BCUT2D eigenvalue weighted by molar-refractivity contribution is 0.537. The molecule has 0 fully saturated rings. The molecule has 0 saturated carbocycles. The molecule has 0 aliphatic heterocycles. The predicted molar refractivity (Wildman–Crippen MR) is 71.4 cm³/mol. The average Bonchev–Trinajstić information content (AvgIpc) is 2.23. The van der Waals surface area contributed by atoms with Crippen molar-refractivity contribution in [1.29, 1.82) is 0 Å². The molecule has 0 atom stereocenters. The maximum absolute atomic E-state index is 3.61. The second kappa shape index (κ2) is 6.93. The molecule has 0 radical (unpaired) electrons. The summed E-state index contributed by atoms with van der Waals surface area (Å²) in [4.78, 5) is 0. The van der Waals surface area contributed by atoms with Crippen LogP contribution in [0.4, 0.5) is 0 Å². The van der Waals surface area contributed by atoms with Crippen LogP contribution in [0.2, 0.25) is 0 Å². The SMILES string of the molecule is C=CNCN(C)SCc1cccc(Br)c1. The van der Waals surface area contributed by atoms with Crippen LogP contribution < -0.4 is 5.32 Å². The summed E-state index contributed by atoms with van der Waals surface area (Å²) >= 11 is 5.24. The number of nitrogens with one attached hydrogen (secondary N) is 1. The van der Waals surface area contributed by atoms with Crippen molar-refractivity contribution in [1.82, 2.24) is 9.62 Å². The summed E-state index contributed by atoms with van der Waals surface area (Å²) in [7, 11) is 2.05. The first-order chi connectivity index (χ1) is 7.22. The Morgan fingerprint density at radius 2 is 2.40 bits per heavy atom. The number of nitrogens with zero attached hydrogens (tertiary/aromatic N) is 1. The molecule has 1 aromatic carbocycles. The molecule has 0 unspecified atom stereocenters. The third kappa shape index (κ3) is 5.25. The van der Waals surface area contributed by atoms with E-state index in [1.165, 1.54) is 5.56 Å². The fourth-order valence-corrected chi connectivity index (χ4v) is 2.21. The third-order valence-corrected chi connectivity index (χ3v) is 3.32. The smallest absolute Gasteiger partial charge is 0.0767 e. The highest BCUT2D eigenvalue weighted by Crippen LogP contribution is 2.18.